The Morgan fingerprint density at radius 2 is 1.90 bits per heavy atom. The normalized spacial score (nSPS) is 16.5. The number of aliphatic hydroxyl groups is 1. The van der Waals surface area contributed by atoms with Crippen molar-refractivity contribution in [1.82, 2.24) is 10.2 Å². The lowest BCUT2D eigenvalue weighted by Gasteiger charge is -2.44. The summed E-state index contributed by atoms with van der Waals surface area (Å²) in [5.41, 5.74) is 4.46. The number of rotatable bonds is 8. The number of likely N-dealkylation sites (tertiary alicyclic amines) is 1. The molecule has 0 spiro atoms. The predicted molar refractivity (Wildman–Crippen MR) is 120 cm³/mol. The zero-order valence-electron chi connectivity index (χ0n) is 19.0. The van der Waals surface area contributed by atoms with Crippen molar-refractivity contribution < 1.29 is 19.0 Å². The van der Waals surface area contributed by atoms with Gasteiger partial charge in [-0.2, -0.15) is 0 Å². The Bertz CT molecular complexity index is 939. The van der Waals surface area contributed by atoms with Crippen LogP contribution in [0.3, 0.4) is 0 Å². The second kappa shape index (κ2) is 9.79. The van der Waals surface area contributed by atoms with E-state index in [9.17, 15) is 14.3 Å². The molecule has 1 amide bonds. The van der Waals surface area contributed by atoms with Crippen LogP contribution in [0.2, 0.25) is 0 Å². The molecule has 1 fully saturated rings. The van der Waals surface area contributed by atoms with Crippen molar-refractivity contribution in [2.75, 3.05) is 26.2 Å². The standard InChI is InChI=1S/C25H33FN2O3/c1-15-6-7-21(10-23(15)26)25(30)27-11-20-12-28(13-20)19(5)22-8-9-24(18(4)17(22)3)31-14-16(2)29/h6-10,16,19-20,29H,11-14H2,1-5H3,(H,27,30)/t16-,19?/m1/s1. The Balaban J connectivity index is 1.52. The van der Waals surface area contributed by atoms with Gasteiger partial charge in [-0.25, -0.2) is 4.39 Å². The summed E-state index contributed by atoms with van der Waals surface area (Å²) >= 11 is 0. The number of benzene rings is 2. The van der Waals surface area contributed by atoms with Gasteiger partial charge in [0, 0.05) is 37.2 Å². The average molecular weight is 429 g/mol. The van der Waals surface area contributed by atoms with Gasteiger partial charge in [-0.15, -0.1) is 0 Å². The van der Waals surface area contributed by atoms with Crippen LogP contribution in [0.5, 0.6) is 5.75 Å². The molecule has 0 saturated carbocycles. The molecule has 1 aliphatic heterocycles. The van der Waals surface area contributed by atoms with E-state index in [4.69, 9.17) is 4.74 Å². The highest BCUT2D eigenvalue weighted by molar-refractivity contribution is 5.94. The molecule has 0 aromatic heterocycles. The molecule has 2 N–H and O–H groups in total. The van der Waals surface area contributed by atoms with E-state index >= 15 is 0 Å². The van der Waals surface area contributed by atoms with Crippen LogP contribution in [0.25, 0.3) is 0 Å². The summed E-state index contributed by atoms with van der Waals surface area (Å²) in [5.74, 6) is 0.608. The van der Waals surface area contributed by atoms with Crippen LogP contribution >= 0.6 is 0 Å². The SMILES string of the molecule is Cc1ccc(C(=O)NCC2CN(C(C)c3ccc(OC[C@@H](C)O)c(C)c3C)C2)cc1F. The minimum absolute atomic E-state index is 0.232. The molecule has 1 aliphatic rings. The zero-order valence-corrected chi connectivity index (χ0v) is 19.0. The summed E-state index contributed by atoms with van der Waals surface area (Å²) in [4.78, 5) is 14.7. The molecule has 1 saturated heterocycles. The molecule has 0 radical (unpaired) electrons. The van der Waals surface area contributed by atoms with Crippen molar-refractivity contribution in [2.45, 2.75) is 46.8 Å². The third-order valence-corrected chi connectivity index (χ3v) is 6.23. The Morgan fingerprint density at radius 1 is 1.19 bits per heavy atom. The van der Waals surface area contributed by atoms with Crippen molar-refractivity contribution in [2.24, 2.45) is 5.92 Å². The van der Waals surface area contributed by atoms with Crippen molar-refractivity contribution in [1.29, 1.82) is 0 Å². The van der Waals surface area contributed by atoms with Crippen LogP contribution in [-0.4, -0.2) is 48.3 Å². The van der Waals surface area contributed by atoms with Crippen LogP contribution in [0.4, 0.5) is 4.39 Å². The number of nitrogens with zero attached hydrogens (tertiary/aromatic N) is 1. The fourth-order valence-electron chi connectivity index (χ4n) is 3.96. The lowest BCUT2D eigenvalue weighted by molar-refractivity contribution is 0.0569. The number of amides is 1. The summed E-state index contributed by atoms with van der Waals surface area (Å²) in [6.45, 7) is 12.4. The van der Waals surface area contributed by atoms with Gasteiger partial charge in [-0.05, 0) is 75.1 Å². The van der Waals surface area contributed by atoms with Gasteiger partial charge in [-0.1, -0.05) is 12.1 Å². The fourth-order valence-corrected chi connectivity index (χ4v) is 3.96. The highest BCUT2D eigenvalue weighted by atomic mass is 19.1. The largest absolute Gasteiger partial charge is 0.491 e. The Kier molecular flexibility index (Phi) is 7.34. The average Bonchev–Trinajstić information content (AvgIpc) is 2.69. The lowest BCUT2D eigenvalue weighted by atomic mass is 9.91. The molecule has 1 unspecified atom stereocenters. The monoisotopic (exact) mass is 428 g/mol. The fraction of sp³-hybridized carbons (Fsp3) is 0.480. The highest BCUT2D eigenvalue weighted by Gasteiger charge is 2.32. The predicted octanol–water partition coefficient (Wildman–Crippen LogP) is 3.93. The van der Waals surface area contributed by atoms with Crippen LogP contribution in [0, 0.1) is 32.5 Å². The first-order valence-electron chi connectivity index (χ1n) is 10.9. The van der Waals surface area contributed by atoms with Crippen LogP contribution in [0.15, 0.2) is 30.3 Å². The molecule has 3 rings (SSSR count). The van der Waals surface area contributed by atoms with E-state index in [-0.39, 0.29) is 24.4 Å². The first-order chi connectivity index (χ1) is 14.7. The van der Waals surface area contributed by atoms with Crippen molar-refractivity contribution >= 4 is 5.91 Å². The van der Waals surface area contributed by atoms with Gasteiger partial charge in [0.2, 0.25) is 0 Å². The van der Waals surface area contributed by atoms with Gasteiger partial charge in [0.1, 0.15) is 18.2 Å². The smallest absolute Gasteiger partial charge is 0.251 e. The molecule has 2 atom stereocenters. The van der Waals surface area contributed by atoms with Crippen LogP contribution in [-0.2, 0) is 0 Å². The summed E-state index contributed by atoms with van der Waals surface area (Å²) < 4.78 is 19.4. The van der Waals surface area contributed by atoms with E-state index in [0.29, 0.717) is 23.6 Å². The number of hydrogen-bond donors (Lipinski definition) is 2. The molecule has 31 heavy (non-hydrogen) atoms. The van der Waals surface area contributed by atoms with Crippen LogP contribution < -0.4 is 10.1 Å². The minimum atomic E-state index is -0.498. The van der Waals surface area contributed by atoms with E-state index in [0.717, 1.165) is 24.4 Å². The molecular formula is C25H33FN2O3. The molecule has 2 aromatic carbocycles. The second-order valence-electron chi connectivity index (χ2n) is 8.73. The topological polar surface area (TPSA) is 61.8 Å². The van der Waals surface area contributed by atoms with Gasteiger partial charge in [0.05, 0.1) is 6.10 Å². The number of carbonyl (C=O) groups is 1. The van der Waals surface area contributed by atoms with Gasteiger partial charge < -0.3 is 15.2 Å². The maximum atomic E-state index is 13.7. The summed E-state index contributed by atoms with van der Waals surface area (Å²) in [6, 6.07) is 8.92. The van der Waals surface area contributed by atoms with E-state index in [1.54, 1.807) is 26.0 Å². The molecule has 5 nitrogen and oxygen atoms in total. The molecular weight excluding hydrogens is 395 g/mol. The molecule has 1 heterocycles. The zero-order chi connectivity index (χ0) is 22.7. The number of carbonyl (C=O) groups excluding carboxylic acids is 1. The molecule has 6 heteroatoms. The number of nitrogens with one attached hydrogen (secondary N) is 1. The maximum Gasteiger partial charge on any atom is 0.251 e. The second-order valence-corrected chi connectivity index (χ2v) is 8.73. The highest BCUT2D eigenvalue weighted by Crippen LogP contribution is 2.34. The van der Waals surface area contributed by atoms with Crippen molar-refractivity contribution in [3.05, 3.63) is 64.0 Å². The van der Waals surface area contributed by atoms with E-state index in [1.807, 2.05) is 13.0 Å². The Morgan fingerprint density at radius 3 is 2.55 bits per heavy atom. The number of halogens is 1. The maximum absolute atomic E-state index is 13.7. The molecule has 0 bridgehead atoms. The molecule has 2 aromatic rings. The number of aliphatic hydroxyl groups excluding tert-OH is 1. The number of hydrogen-bond acceptors (Lipinski definition) is 4. The molecule has 168 valence electrons. The van der Waals surface area contributed by atoms with Crippen LogP contribution in [0.1, 0.15) is 52.5 Å². The van der Waals surface area contributed by atoms with Crippen molar-refractivity contribution in [3.63, 3.8) is 0 Å². The third-order valence-electron chi connectivity index (χ3n) is 6.23. The van der Waals surface area contributed by atoms with Gasteiger partial charge >= 0.3 is 0 Å². The summed E-state index contributed by atoms with van der Waals surface area (Å²) in [5, 5.41) is 12.4. The lowest BCUT2D eigenvalue weighted by Crippen LogP contribution is -2.52. The quantitative estimate of drug-likeness (QED) is 0.669. The van der Waals surface area contributed by atoms with E-state index in [1.165, 1.54) is 17.2 Å². The minimum Gasteiger partial charge on any atom is -0.491 e. The van der Waals surface area contributed by atoms with E-state index < -0.39 is 6.10 Å². The first-order valence-corrected chi connectivity index (χ1v) is 10.9. The first kappa shape index (κ1) is 23.2. The van der Waals surface area contributed by atoms with Gasteiger partial charge in [0.15, 0.2) is 0 Å². The molecule has 0 aliphatic carbocycles. The van der Waals surface area contributed by atoms with Crippen molar-refractivity contribution in [3.8, 4) is 5.75 Å². The number of aryl methyl sites for hydroxylation is 1. The summed E-state index contributed by atoms with van der Waals surface area (Å²) in [6.07, 6.45) is -0.498. The number of ether oxygens (including phenoxy) is 1. The Labute approximate surface area is 184 Å². The third kappa shape index (κ3) is 5.43. The summed E-state index contributed by atoms with van der Waals surface area (Å²) in [7, 11) is 0. The van der Waals surface area contributed by atoms with Gasteiger partial charge in [0.25, 0.3) is 5.91 Å². The van der Waals surface area contributed by atoms with Gasteiger partial charge in [-0.3, -0.25) is 9.69 Å². The van der Waals surface area contributed by atoms with E-state index in [2.05, 4.69) is 30.1 Å². The Hall–Kier alpha value is -2.44.